The summed E-state index contributed by atoms with van der Waals surface area (Å²) in [5.74, 6) is -0.344. The molecule has 1 amide bonds. The number of hydrogen-bond donors (Lipinski definition) is 1. The molecular weight excluding hydrogens is 390 g/mol. The molecule has 1 aliphatic rings. The van der Waals surface area contributed by atoms with Crippen molar-refractivity contribution in [1.29, 1.82) is 0 Å². The van der Waals surface area contributed by atoms with Gasteiger partial charge in [-0.15, -0.1) is 0 Å². The van der Waals surface area contributed by atoms with Gasteiger partial charge in [0.2, 0.25) is 10.0 Å². The first-order chi connectivity index (χ1) is 13.8. The second-order valence-corrected chi connectivity index (χ2v) is 8.95. The van der Waals surface area contributed by atoms with E-state index in [4.69, 9.17) is 4.74 Å². The number of sulfonamides is 1. The maximum absolute atomic E-state index is 12.9. The van der Waals surface area contributed by atoms with E-state index in [2.05, 4.69) is 5.43 Å². The number of hydrogen-bond acceptors (Lipinski definition) is 5. The molecule has 8 heteroatoms. The van der Waals surface area contributed by atoms with Crippen molar-refractivity contribution in [3.8, 4) is 0 Å². The Balaban J connectivity index is 1.85. The van der Waals surface area contributed by atoms with Crippen molar-refractivity contribution in [1.82, 2.24) is 9.73 Å². The summed E-state index contributed by atoms with van der Waals surface area (Å²) in [6, 6.07) is 12.5. The fourth-order valence-electron chi connectivity index (χ4n) is 3.18. The number of anilines is 1. The molecule has 1 N–H and O–H groups in total. The van der Waals surface area contributed by atoms with Crippen LogP contribution in [0.5, 0.6) is 0 Å². The van der Waals surface area contributed by atoms with E-state index in [-0.39, 0.29) is 10.8 Å². The molecule has 0 aromatic heterocycles. The van der Waals surface area contributed by atoms with E-state index in [0.29, 0.717) is 44.0 Å². The fraction of sp³-hybridized carbons (Fsp3) is 0.381. The van der Waals surface area contributed by atoms with Gasteiger partial charge < -0.3 is 4.74 Å². The number of rotatable bonds is 6. The van der Waals surface area contributed by atoms with Crippen molar-refractivity contribution < 1.29 is 17.9 Å². The predicted molar refractivity (Wildman–Crippen MR) is 112 cm³/mol. The molecule has 1 fully saturated rings. The number of carbonyl (C=O) groups is 1. The number of aryl methyl sites for hydroxylation is 2. The molecule has 156 valence electrons. The highest BCUT2D eigenvalue weighted by Gasteiger charge is 2.27. The lowest BCUT2D eigenvalue weighted by molar-refractivity contribution is 0.0730. The molecule has 0 spiro atoms. The highest BCUT2D eigenvalue weighted by Crippen LogP contribution is 2.21. The maximum Gasteiger partial charge on any atom is 0.270 e. The van der Waals surface area contributed by atoms with Gasteiger partial charge in [0.25, 0.3) is 5.91 Å². The zero-order valence-corrected chi connectivity index (χ0v) is 17.8. The summed E-state index contributed by atoms with van der Waals surface area (Å²) in [6.45, 7) is 7.68. The third-order valence-electron chi connectivity index (χ3n) is 4.96. The van der Waals surface area contributed by atoms with Crippen molar-refractivity contribution >= 4 is 21.6 Å². The normalized spacial score (nSPS) is 15.1. The predicted octanol–water partition coefficient (Wildman–Crippen LogP) is 2.50. The Labute approximate surface area is 172 Å². The van der Waals surface area contributed by atoms with Gasteiger partial charge in [-0.3, -0.25) is 15.2 Å². The van der Waals surface area contributed by atoms with Crippen LogP contribution in [0.4, 0.5) is 5.69 Å². The minimum atomic E-state index is -3.67. The van der Waals surface area contributed by atoms with Crippen molar-refractivity contribution in [3.05, 3.63) is 59.2 Å². The summed E-state index contributed by atoms with van der Waals surface area (Å²) in [7, 11) is -3.67. The van der Waals surface area contributed by atoms with Crippen LogP contribution in [0.3, 0.4) is 0 Å². The van der Waals surface area contributed by atoms with Gasteiger partial charge in [-0.2, -0.15) is 4.31 Å². The second kappa shape index (κ2) is 8.94. The van der Waals surface area contributed by atoms with Gasteiger partial charge in [0.05, 0.1) is 23.8 Å². The molecule has 7 nitrogen and oxygen atoms in total. The first-order valence-corrected chi connectivity index (χ1v) is 11.1. The summed E-state index contributed by atoms with van der Waals surface area (Å²) in [4.78, 5) is 13.1. The third-order valence-corrected chi connectivity index (χ3v) is 6.85. The van der Waals surface area contributed by atoms with Gasteiger partial charge in [0, 0.05) is 25.2 Å². The quantitative estimate of drug-likeness (QED) is 0.731. The molecular formula is C21H27N3O4S. The van der Waals surface area contributed by atoms with E-state index in [9.17, 15) is 13.2 Å². The first-order valence-electron chi connectivity index (χ1n) is 9.66. The Hall–Kier alpha value is -2.42. The molecule has 0 unspecified atom stereocenters. The largest absolute Gasteiger partial charge is 0.379 e. The van der Waals surface area contributed by atoms with Crippen LogP contribution in [-0.2, 0) is 14.8 Å². The maximum atomic E-state index is 12.9. The Kier molecular flexibility index (Phi) is 6.56. The number of nitrogens with zero attached hydrogens (tertiary/aromatic N) is 2. The van der Waals surface area contributed by atoms with Crippen molar-refractivity contribution in [2.75, 3.05) is 37.9 Å². The van der Waals surface area contributed by atoms with Crippen LogP contribution in [-0.4, -0.2) is 51.5 Å². The van der Waals surface area contributed by atoms with Crippen molar-refractivity contribution in [3.63, 3.8) is 0 Å². The minimum absolute atomic E-state index is 0.119. The van der Waals surface area contributed by atoms with Crippen LogP contribution in [0.2, 0.25) is 0 Å². The number of ether oxygens (including phenoxy) is 1. The molecule has 29 heavy (non-hydrogen) atoms. The number of morpholine rings is 1. The summed E-state index contributed by atoms with van der Waals surface area (Å²) < 4.78 is 32.5. The molecule has 0 atom stereocenters. The molecule has 1 aliphatic heterocycles. The smallest absolute Gasteiger partial charge is 0.270 e. The average molecular weight is 418 g/mol. The Morgan fingerprint density at radius 3 is 2.38 bits per heavy atom. The SMILES string of the molecule is CCN(NC(=O)c1cc(S(=O)(=O)N2CCOCC2)ccc1C)c1ccc(C)cc1. The number of nitrogens with one attached hydrogen (secondary N) is 1. The summed E-state index contributed by atoms with van der Waals surface area (Å²) in [5, 5.41) is 1.74. The highest BCUT2D eigenvalue weighted by atomic mass is 32.2. The Morgan fingerprint density at radius 2 is 1.76 bits per heavy atom. The van der Waals surface area contributed by atoms with Crippen molar-refractivity contribution in [2.24, 2.45) is 0 Å². The molecule has 2 aromatic rings. The van der Waals surface area contributed by atoms with E-state index < -0.39 is 10.0 Å². The van der Waals surface area contributed by atoms with Crippen LogP contribution >= 0.6 is 0 Å². The third kappa shape index (κ3) is 4.77. The van der Waals surface area contributed by atoms with Gasteiger partial charge in [0.1, 0.15) is 0 Å². The highest BCUT2D eigenvalue weighted by molar-refractivity contribution is 7.89. The Bertz CT molecular complexity index is 968. The number of carbonyl (C=O) groups excluding carboxylic acids is 1. The van der Waals surface area contributed by atoms with E-state index >= 15 is 0 Å². The van der Waals surface area contributed by atoms with Gasteiger partial charge in [0.15, 0.2) is 0 Å². The van der Waals surface area contributed by atoms with Crippen LogP contribution in [0.15, 0.2) is 47.4 Å². The first kappa shape index (κ1) is 21.3. The van der Waals surface area contributed by atoms with E-state index in [1.807, 2.05) is 38.1 Å². The number of hydrazine groups is 1. The monoisotopic (exact) mass is 417 g/mol. The van der Waals surface area contributed by atoms with E-state index in [0.717, 1.165) is 11.3 Å². The molecule has 0 bridgehead atoms. The second-order valence-electron chi connectivity index (χ2n) is 7.01. The molecule has 0 aliphatic carbocycles. The lowest BCUT2D eigenvalue weighted by atomic mass is 10.1. The van der Waals surface area contributed by atoms with Gasteiger partial charge in [-0.25, -0.2) is 8.42 Å². The lowest BCUT2D eigenvalue weighted by Crippen LogP contribution is -2.43. The number of amides is 1. The van der Waals surface area contributed by atoms with Crippen LogP contribution in [0.1, 0.15) is 28.4 Å². The fourth-order valence-corrected chi connectivity index (χ4v) is 4.61. The van der Waals surface area contributed by atoms with E-state index in [1.165, 1.54) is 10.4 Å². The zero-order chi connectivity index (χ0) is 21.0. The molecule has 0 radical (unpaired) electrons. The van der Waals surface area contributed by atoms with Gasteiger partial charge >= 0.3 is 0 Å². The molecule has 2 aromatic carbocycles. The molecule has 1 heterocycles. The zero-order valence-electron chi connectivity index (χ0n) is 17.0. The summed E-state index contributed by atoms with van der Waals surface area (Å²) in [6.07, 6.45) is 0. The summed E-state index contributed by atoms with van der Waals surface area (Å²) >= 11 is 0. The van der Waals surface area contributed by atoms with Gasteiger partial charge in [-0.1, -0.05) is 23.8 Å². The van der Waals surface area contributed by atoms with Gasteiger partial charge in [-0.05, 0) is 50.6 Å². The topological polar surface area (TPSA) is 79.0 Å². The van der Waals surface area contributed by atoms with Crippen LogP contribution in [0, 0.1) is 13.8 Å². The van der Waals surface area contributed by atoms with Crippen molar-refractivity contribution in [2.45, 2.75) is 25.7 Å². The summed E-state index contributed by atoms with van der Waals surface area (Å²) in [5.41, 5.74) is 5.93. The standard InChI is InChI=1S/C21H27N3O4S/c1-4-24(18-8-5-16(2)6-9-18)22-21(25)20-15-19(10-7-17(20)3)29(26,27)23-11-13-28-14-12-23/h5-10,15H,4,11-14H2,1-3H3,(H,22,25). The average Bonchev–Trinajstić information content (AvgIpc) is 2.73. The number of benzene rings is 2. The molecule has 1 saturated heterocycles. The Morgan fingerprint density at radius 1 is 1.10 bits per heavy atom. The van der Waals surface area contributed by atoms with Crippen LogP contribution < -0.4 is 10.4 Å². The molecule has 3 rings (SSSR count). The van der Waals surface area contributed by atoms with E-state index in [1.54, 1.807) is 24.1 Å². The minimum Gasteiger partial charge on any atom is -0.379 e. The van der Waals surface area contributed by atoms with Crippen LogP contribution in [0.25, 0.3) is 0 Å². The molecule has 0 saturated carbocycles. The lowest BCUT2D eigenvalue weighted by Gasteiger charge is -2.27.